The van der Waals surface area contributed by atoms with Crippen LogP contribution in [0.25, 0.3) is 5.82 Å². The number of hydrogen-bond donors (Lipinski definition) is 1. The fourth-order valence-electron chi connectivity index (χ4n) is 2.37. The van der Waals surface area contributed by atoms with Crippen LogP contribution in [0.1, 0.15) is 17.0 Å². The van der Waals surface area contributed by atoms with Crippen molar-refractivity contribution in [1.82, 2.24) is 19.7 Å². The fourth-order valence-corrected chi connectivity index (χ4v) is 2.63. The molecule has 3 rings (SSSR count). The zero-order valence-electron chi connectivity index (χ0n) is 13.3. The standard InChI is InChI=1S/C17H16BrN5O/c1-11-7-12(2)23(22-11)16-9-15(19-10-20-16)21-17(24)8-13-3-5-14(18)6-4-13/h3-7,9-10H,8H2,1-2H3,(H,19,20,21,24). The highest BCUT2D eigenvalue weighted by atomic mass is 79.9. The Morgan fingerprint density at radius 2 is 1.92 bits per heavy atom. The third-order valence-electron chi connectivity index (χ3n) is 3.42. The molecule has 24 heavy (non-hydrogen) atoms. The van der Waals surface area contributed by atoms with E-state index >= 15 is 0 Å². The van der Waals surface area contributed by atoms with E-state index in [4.69, 9.17) is 0 Å². The zero-order chi connectivity index (χ0) is 17.1. The van der Waals surface area contributed by atoms with E-state index in [1.165, 1.54) is 6.33 Å². The minimum Gasteiger partial charge on any atom is -0.310 e. The molecule has 0 bridgehead atoms. The summed E-state index contributed by atoms with van der Waals surface area (Å²) in [6.45, 7) is 3.87. The van der Waals surface area contributed by atoms with E-state index in [0.29, 0.717) is 11.6 Å². The summed E-state index contributed by atoms with van der Waals surface area (Å²) >= 11 is 3.38. The predicted octanol–water partition coefficient (Wildman–Crippen LogP) is 3.22. The Morgan fingerprint density at radius 1 is 1.17 bits per heavy atom. The number of carbonyl (C=O) groups is 1. The SMILES string of the molecule is Cc1cc(C)n(-c2cc(NC(=O)Cc3ccc(Br)cc3)ncn2)n1. The molecule has 0 atom stereocenters. The molecule has 122 valence electrons. The third kappa shape index (κ3) is 3.86. The molecule has 2 heterocycles. The van der Waals surface area contributed by atoms with Crippen LogP contribution < -0.4 is 5.32 Å². The number of rotatable bonds is 4. The summed E-state index contributed by atoms with van der Waals surface area (Å²) < 4.78 is 2.71. The Balaban J connectivity index is 1.73. The highest BCUT2D eigenvalue weighted by molar-refractivity contribution is 9.10. The summed E-state index contributed by atoms with van der Waals surface area (Å²) in [6, 6.07) is 11.3. The molecule has 0 aliphatic carbocycles. The van der Waals surface area contributed by atoms with Crippen molar-refractivity contribution in [2.24, 2.45) is 0 Å². The van der Waals surface area contributed by atoms with Crippen molar-refractivity contribution in [3.8, 4) is 5.82 Å². The van der Waals surface area contributed by atoms with E-state index in [0.717, 1.165) is 21.4 Å². The first-order valence-electron chi connectivity index (χ1n) is 7.41. The third-order valence-corrected chi connectivity index (χ3v) is 3.95. The molecular formula is C17H16BrN5O. The molecule has 1 aromatic carbocycles. The van der Waals surface area contributed by atoms with Crippen LogP contribution in [0.3, 0.4) is 0 Å². The van der Waals surface area contributed by atoms with Gasteiger partial charge in [0.2, 0.25) is 5.91 Å². The number of aromatic nitrogens is 4. The average molecular weight is 386 g/mol. The topological polar surface area (TPSA) is 72.7 Å². The molecule has 0 spiro atoms. The lowest BCUT2D eigenvalue weighted by Crippen LogP contribution is -2.16. The van der Waals surface area contributed by atoms with E-state index in [1.54, 1.807) is 10.7 Å². The van der Waals surface area contributed by atoms with Gasteiger partial charge in [-0.2, -0.15) is 5.10 Å². The first-order chi connectivity index (χ1) is 11.5. The lowest BCUT2D eigenvalue weighted by atomic mass is 10.1. The van der Waals surface area contributed by atoms with E-state index < -0.39 is 0 Å². The van der Waals surface area contributed by atoms with Gasteiger partial charge in [0.15, 0.2) is 5.82 Å². The number of halogens is 1. The minimum absolute atomic E-state index is 0.129. The molecule has 1 N–H and O–H groups in total. The molecular weight excluding hydrogens is 370 g/mol. The number of nitrogens with zero attached hydrogens (tertiary/aromatic N) is 4. The Labute approximate surface area is 148 Å². The van der Waals surface area contributed by atoms with Gasteiger partial charge in [-0.1, -0.05) is 28.1 Å². The molecule has 0 unspecified atom stereocenters. The van der Waals surface area contributed by atoms with Crippen LogP contribution in [-0.2, 0) is 11.2 Å². The predicted molar refractivity (Wildman–Crippen MR) is 95.1 cm³/mol. The molecule has 0 fully saturated rings. The summed E-state index contributed by atoms with van der Waals surface area (Å²) in [6.07, 6.45) is 1.70. The molecule has 0 radical (unpaired) electrons. The van der Waals surface area contributed by atoms with Crippen LogP contribution in [0.2, 0.25) is 0 Å². The summed E-state index contributed by atoms with van der Waals surface area (Å²) in [4.78, 5) is 20.5. The molecule has 0 aliphatic rings. The second-order valence-electron chi connectivity index (χ2n) is 5.45. The van der Waals surface area contributed by atoms with Crippen molar-refractivity contribution < 1.29 is 4.79 Å². The first-order valence-corrected chi connectivity index (χ1v) is 8.20. The fraction of sp³-hybridized carbons (Fsp3) is 0.176. The van der Waals surface area contributed by atoms with Crippen molar-refractivity contribution in [3.05, 3.63) is 64.1 Å². The summed E-state index contributed by atoms with van der Waals surface area (Å²) in [5.41, 5.74) is 2.81. The van der Waals surface area contributed by atoms with Crippen molar-refractivity contribution >= 4 is 27.7 Å². The summed E-state index contributed by atoms with van der Waals surface area (Å²) in [7, 11) is 0. The summed E-state index contributed by atoms with van der Waals surface area (Å²) in [5, 5.41) is 7.18. The Hall–Kier alpha value is -2.54. The summed E-state index contributed by atoms with van der Waals surface area (Å²) in [5.74, 6) is 0.944. The maximum Gasteiger partial charge on any atom is 0.229 e. The van der Waals surface area contributed by atoms with Crippen LogP contribution >= 0.6 is 15.9 Å². The van der Waals surface area contributed by atoms with Gasteiger partial charge in [-0.25, -0.2) is 14.6 Å². The Morgan fingerprint density at radius 3 is 2.58 bits per heavy atom. The van der Waals surface area contributed by atoms with Gasteiger partial charge in [0.25, 0.3) is 0 Å². The van der Waals surface area contributed by atoms with Gasteiger partial charge in [0.05, 0.1) is 12.1 Å². The molecule has 2 aromatic heterocycles. The lowest BCUT2D eigenvalue weighted by molar-refractivity contribution is -0.115. The monoisotopic (exact) mass is 385 g/mol. The minimum atomic E-state index is -0.129. The second-order valence-corrected chi connectivity index (χ2v) is 6.37. The largest absolute Gasteiger partial charge is 0.310 e. The number of amides is 1. The van der Waals surface area contributed by atoms with Crippen LogP contribution in [0.4, 0.5) is 5.82 Å². The molecule has 0 saturated carbocycles. The van der Waals surface area contributed by atoms with Crippen molar-refractivity contribution in [2.75, 3.05) is 5.32 Å². The van der Waals surface area contributed by atoms with Crippen LogP contribution in [0, 0.1) is 13.8 Å². The van der Waals surface area contributed by atoms with Gasteiger partial charge in [-0.15, -0.1) is 0 Å². The molecule has 6 nitrogen and oxygen atoms in total. The normalized spacial score (nSPS) is 10.6. The second kappa shape index (κ2) is 6.92. The molecule has 3 aromatic rings. The van der Waals surface area contributed by atoms with Crippen LogP contribution in [-0.4, -0.2) is 25.7 Å². The highest BCUT2D eigenvalue weighted by Gasteiger charge is 2.09. The van der Waals surface area contributed by atoms with Crippen LogP contribution in [0.15, 0.2) is 47.2 Å². The van der Waals surface area contributed by atoms with E-state index in [-0.39, 0.29) is 12.3 Å². The van der Waals surface area contributed by atoms with E-state index in [2.05, 4.69) is 36.3 Å². The van der Waals surface area contributed by atoms with Crippen molar-refractivity contribution in [3.63, 3.8) is 0 Å². The number of nitrogens with one attached hydrogen (secondary N) is 1. The first kappa shape index (κ1) is 16.3. The van der Waals surface area contributed by atoms with E-state index in [9.17, 15) is 4.79 Å². The average Bonchev–Trinajstić information content (AvgIpc) is 2.88. The van der Waals surface area contributed by atoms with Gasteiger partial charge >= 0.3 is 0 Å². The van der Waals surface area contributed by atoms with Gasteiger partial charge in [0.1, 0.15) is 12.1 Å². The van der Waals surface area contributed by atoms with Gasteiger partial charge in [0, 0.05) is 16.2 Å². The van der Waals surface area contributed by atoms with Crippen molar-refractivity contribution in [1.29, 1.82) is 0 Å². The number of carbonyl (C=O) groups excluding carboxylic acids is 1. The molecule has 7 heteroatoms. The Bertz CT molecular complexity index is 873. The molecule has 0 aliphatic heterocycles. The van der Waals surface area contributed by atoms with Gasteiger partial charge in [-0.3, -0.25) is 4.79 Å². The maximum atomic E-state index is 12.2. The molecule has 1 amide bonds. The number of anilines is 1. The number of benzene rings is 1. The van der Waals surface area contributed by atoms with Gasteiger partial charge < -0.3 is 5.32 Å². The lowest BCUT2D eigenvalue weighted by Gasteiger charge is -2.07. The highest BCUT2D eigenvalue weighted by Crippen LogP contribution is 2.14. The van der Waals surface area contributed by atoms with E-state index in [1.807, 2.05) is 44.2 Å². The molecule has 0 saturated heterocycles. The van der Waals surface area contributed by atoms with Crippen molar-refractivity contribution in [2.45, 2.75) is 20.3 Å². The Kier molecular flexibility index (Phi) is 4.71. The zero-order valence-corrected chi connectivity index (χ0v) is 14.9. The smallest absolute Gasteiger partial charge is 0.229 e. The number of hydrogen-bond acceptors (Lipinski definition) is 4. The maximum absolute atomic E-state index is 12.2. The quantitative estimate of drug-likeness (QED) is 0.747. The van der Waals surface area contributed by atoms with Gasteiger partial charge in [-0.05, 0) is 37.6 Å². The van der Waals surface area contributed by atoms with Crippen LogP contribution in [0.5, 0.6) is 0 Å². The number of aryl methyl sites for hydroxylation is 2.